The van der Waals surface area contributed by atoms with Gasteiger partial charge < -0.3 is 5.41 Å². The maximum Gasteiger partial charge on any atom is 0.138 e. The van der Waals surface area contributed by atoms with E-state index in [-0.39, 0.29) is 0 Å². The SMILES string of the molecule is CCCCN(Cc1ccccc1)C(C)CC(=N)c1nc2ccc(Cl)cc2s1. The zero-order valence-corrected chi connectivity index (χ0v) is 17.5. The maximum absolute atomic E-state index is 8.58. The average Bonchev–Trinajstić information content (AvgIpc) is 3.09. The van der Waals surface area contributed by atoms with Crippen molar-refractivity contribution in [3.63, 3.8) is 0 Å². The first-order valence-corrected chi connectivity index (χ1v) is 10.7. The molecule has 0 aliphatic carbocycles. The number of aromatic nitrogens is 1. The lowest BCUT2D eigenvalue weighted by Gasteiger charge is -2.29. The Balaban J connectivity index is 1.70. The molecule has 0 aliphatic rings. The van der Waals surface area contributed by atoms with Gasteiger partial charge in [0, 0.05) is 24.0 Å². The van der Waals surface area contributed by atoms with Crippen molar-refractivity contribution in [2.75, 3.05) is 6.54 Å². The van der Waals surface area contributed by atoms with Crippen LogP contribution in [0, 0.1) is 5.41 Å². The van der Waals surface area contributed by atoms with Gasteiger partial charge in [0.15, 0.2) is 0 Å². The van der Waals surface area contributed by atoms with Crippen LogP contribution in [0.4, 0.5) is 0 Å². The smallest absolute Gasteiger partial charge is 0.138 e. The molecule has 0 aliphatic heterocycles. The third kappa shape index (κ3) is 5.38. The molecule has 0 fully saturated rings. The number of rotatable bonds is 9. The monoisotopic (exact) mass is 399 g/mol. The van der Waals surface area contributed by atoms with Gasteiger partial charge >= 0.3 is 0 Å². The molecule has 1 N–H and O–H groups in total. The molecule has 0 spiro atoms. The molecule has 0 saturated heterocycles. The third-order valence-electron chi connectivity index (χ3n) is 4.76. The van der Waals surface area contributed by atoms with Gasteiger partial charge in [-0.2, -0.15) is 0 Å². The first-order valence-electron chi connectivity index (χ1n) is 9.48. The van der Waals surface area contributed by atoms with Gasteiger partial charge in [0.1, 0.15) is 5.01 Å². The second kappa shape index (κ2) is 9.45. The number of benzene rings is 2. The molecule has 27 heavy (non-hydrogen) atoms. The molecule has 142 valence electrons. The van der Waals surface area contributed by atoms with E-state index in [2.05, 4.69) is 54.1 Å². The van der Waals surface area contributed by atoms with Crippen LogP contribution in [0.5, 0.6) is 0 Å². The molecule has 1 heterocycles. The van der Waals surface area contributed by atoms with Crippen molar-refractivity contribution in [2.24, 2.45) is 0 Å². The van der Waals surface area contributed by atoms with Gasteiger partial charge in [-0.25, -0.2) is 4.98 Å². The number of thiazole rings is 1. The summed E-state index contributed by atoms with van der Waals surface area (Å²) in [5, 5.41) is 10.1. The lowest BCUT2D eigenvalue weighted by Crippen LogP contribution is -2.35. The second-order valence-electron chi connectivity index (χ2n) is 6.97. The molecule has 3 nitrogen and oxygen atoms in total. The molecule has 1 atom stereocenters. The molecule has 1 aromatic heterocycles. The van der Waals surface area contributed by atoms with E-state index < -0.39 is 0 Å². The van der Waals surface area contributed by atoms with E-state index in [9.17, 15) is 0 Å². The zero-order valence-electron chi connectivity index (χ0n) is 15.9. The number of nitrogens with zero attached hydrogens (tertiary/aromatic N) is 2. The van der Waals surface area contributed by atoms with Gasteiger partial charge in [-0.15, -0.1) is 11.3 Å². The van der Waals surface area contributed by atoms with Crippen LogP contribution in [0.15, 0.2) is 48.5 Å². The fourth-order valence-electron chi connectivity index (χ4n) is 3.17. The van der Waals surface area contributed by atoms with Crippen molar-refractivity contribution >= 4 is 38.9 Å². The Hall–Kier alpha value is -1.75. The van der Waals surface area contributed by atoms with Crippen LogP contribution < -0.4 is 0 Å². The predicted octanol–water partition coefficient (Wildman–Crippen LogP) is 6.40. The number of nitrogens with one attached hydrogen (secondary N) is 1. The summed E-state index contributed by atoms with van der Waals surface area (Å²) in [5.41, 5.74) is 2.85. The number of halogens is 1. The third-order valence-corrected chi connectivity index (χ3v) is 6.07. The molecule has 0 radical (unpaired) electrons. The molecular formula is C22H26ClN3S. The van der Waals surface area contributed by atoms with Crippen molar-refractivity contribution < 1.29 is 0 Å². The van der Waals surface area contributed by atoms with Crippen LogP contribution in [0.1, 0.15) is 43.7 Å². The van der Waals surface area contributed by atoms with Crippen LogP contribution >= 0.6 is 22.9 Å². The Labute approximate surface area is 170 Å². The summed E-state index contributed by atoms with van der Waals surface area (Å²) < 4.78 is 1.04. The Morgan fingerprint density at radius 2 is 2.00 bits per heavy atom. The first-order chi connectivity index (χ1) is 13.1. The maximum atomic E-state index is 8.58. The standard InChI is InChI=1S/C22H26ClN3S/c1-3-4-12-26(15-17-8-6-5-7-9-17)16(2)13-19(24)22-25-20-11-10-18(23)14-21(20)27-22/h5-11,14,16,24H,3-4,12-13,15H2,1-2H3. The molecular weight excluding hydrogens is 374 g/mol. The Morgan fingerprint density at radius 3 is 2.74 bits per heavy atom. The Bertz CT molecular complexity index is 891. The Kier molecular flexibility index (Phi) is 7.00. The second-order valence-corrected chi connectivity index (χ2v) is 8.44. The molecule has 1 unspecified atom stereocenters. The summed E-state index contributed by atoms with van der Waals surface area (Å²) >= 11 is 7.63. The fourth-order valence-corrected chi connectivity index (χ4v) is 4.37. The van der Waals surface area contributed by atoms with E-state index in [1.807, 2.05) is 18.2 Å². The van der Waals surface area contributed by atoms with Crippen LogP contribution in [0.2, 0.25) is 5.02 Å². The Morgan fingerprint density at radius 1 is 1.22 bits per heavy atom. The van der Waals surface area contributed by atoms with Gasteiger partial charge in [0.2, 0.25) is 0 Å². The fraction of sp³-hybridized carbons (Fsp3) is 0.364. The summed E-state index contributed by atoms with van der Waals surface area (Å²) in [7, 11) is 0. The highest BCUT2D eigenvalue weighted by Gasteiger charge is 2.18. The number of hydrogen-bond acceptors (Lipinski definition) is 4. The molecule has 3 aromatic rings. The van der Waals surface area contributed by atoms with Crippen molar-refractivity contribution in [3.05, 3.63) is 64.1 Å². The number of fused-ring (bicyclic) bond motifs is 1. The summed E-state index contributed by atoms with van der Waals surface area (Å²) in [6, 6.07) is 16.6. The van der Waals surface area contributed by atoms with Gasteiger partial charge in [0.25, 0.3) is 0 Å². The molecule has 0 amide bonds. The van der Waals surface area contributed by atoms with E-state index in [0.717, 1.165) is 28.3 Å². The van der Waals surface area contributed by atoms with E-state index in [0.29, 0.717) is 23.2 Å². The van der Waals surface area contributed by atoms with Crippen molar-refractivity contribution in [3.8, 4) is 0 Å². The van der Waals surface area contributed by atoms with Crippen molar-refractivity contribution in [2.45, 2.75) is 45.7 Å². The van der Waals surface area contributed by atoms with Crippen LogP contribution in [-0.4, -0.2) is 28.2 Å². The van der Waals surface area contributed by atoms with Crippen LogP contribution in [0.25, 0.3) is 10.2 Å². The molecule has 0 bridgehead atoms. The summed E-state index contributed by atoms with van der Waals surface area (Å²) in [4.78, 5) is 7.11. The van der Waals surface area contributed by atoms with Crippen molar-refractivity contribution in [1.29, 1.82) is 5.41 Å². The lowest BCUT2D eigenvalue weighted by molar-refractivity contribution is 0.201. The molecule has 5 heteroatoms. The molecule has 2 aromatic carbocycles. The van der Waals surface area contributed by atoms with Crippen LogP contribution in [-0.2, 0) is 6.54 Å². The highest BCUT2D eigenvalue weighted by atomic mass is 35.5. The zero-order chi connectivity index (χ0) is 19.2. The molecule has 3 rings (SSSR count). The normalized spacial score (nSPS) is 12.6. The van der Waals surface area contributed by atoms with Gasteiger partial charge in [-0.3, -0.25) is 4.90 Å². The quantitative estimate of drug-likeness (QED) is 0.423. The van der Waals surface area contributed by atoms with Gasteiger partial charge in [-0.1, -0.05) is 55.3 Å². The lowest BCUT2D eigenvalue weighted by atomic mass is 10.1. The number of hydrogen-bond donors (Lipinski definition) is 1. The predicted molar refractivity (Wildman–Crippen MR) is 117 cm³/mol. The minimum atomic E-state index is 0.292. The summed E-state index contributed by atoms with van der Waals surface area (Å²) in [6.45, 7) is 6.41. The van der Waals surface area contributed by atoms with Gasteiger partial charge in [0.05, 0.1) is 15.9 Å². The summed E-state index contributed by atoms with van der Waals surface area (Å²) in [6.07, 6.45) is 3.04. The van der Waals surface area contributed by atoms with E-state index in [1.54, 1.807) is 11.3 Å². The van der Waals surface area contributed by atoms with Crippen molar-refractivity contribution in [1.82, 2.24) is 9.88 Å². The van der Waals surface area contributed by atoms with E-state index >= 15 is 0 Å². The molecule has 0 saturated carbocycles. The minimum absolute atomic E-state index is 0.292. The average molecular weight is 400 g/mol. The topological polar surface area (TPSA) is 40.0 Å². The first kappa shape index (κ1) is 20.0. The number of unbranched alkanes of at least 4 members (excludes halogenated alkanes) is 1. The van der Waals surface area contributed by atoms with E-state index in [4.69, 9.17) is 17.0 Å². The minimum Gasteiger partial charge on any atom is -0.302 e. The van der Waals surface area contributed by atoms with Crippen LogP contribution in [0.3, 0.4) is 0 Å². The van der Waals surface area contributed by atoms with E-state index in [1.165, 1.54) is 18.4 Å². The highest BCUT2D eigenvalue weighted by molar-refractivity contribution is 7.20. The largest absolute Gasteiger partial charge is 0.302 e. The summed E-state index contributed by atoms with van der Waals surface area (Å²) in [5.74, 6) is 0. The highest BCUT2D eigenvalue weighted by Crippen LogP contribution is 2.26. The van der Waals surface area contributed by atoms with Gasteiger partial charge in [-0.05, 0) is 43.7 Å².